The van der Waals surface area contributed by atoms with E-state index in [-0.39, 0.29) is 17.8 Å². The van der Waals surface area contributed by atoms with Crippen LogP contribution in [0.25, 0.3) is 0 Å². The monoisotopic (exact) mass is 341 g/mol. The topological polar surface area (TPSA) is 46.6 Å². The Labute approximate surface area is 124 Å². The van der Waals surface area contributed by atoms with Crippen LogP contribution in [0.15, 0.2) is 16.6 Å². The van der Waals surface area contributed by atoms with E-state index < -0.39 is 17.5 Å². The van der Waals surface area contributed by atoms with Gasteiger partial charge in [-0.2, -0.15) is 0 Å². The highest BCUT2D eigenvalue weighted by atomic mass is 79.9. The predicted molar refractivity (Wildman–Crippen MR) is 74.4 cm³/mol. The van der Waals surface area contributed by atoms with Crippen molar-refractivity contribution in [1.82, 2.24) is 0 Å². The highest BCUT2D eigenvalue weighted by Gasteiger charge is 2.39. The number of fused-ring (bicyclic) bond motifs is 1. The predicted octanol–water partition coefficient (Wildman–Crippen LogP) is 2.69. The highest BCUT2D eigenvalue weighted by Crippen LogP contribution is 2.37. The second-order valence-corrected chi connectivity index (χ2v) is 6.03. The minimum absolute atomic E-state index is 0.0790. The summed E-state index contributed by atoms with van der Waals surface area (Å²) in [5.74, 6) is -1.81. The van der Waals surface area contributed by atoms with Crippen LogP contribution in [0.5, 0.6) is 0 Å². The number of hydrogen-bond donors (Lipinski definition) is 0. The number of carbonyl (C=O) groups is 2. The number of halogens is 2. The number of anilines is 1. The molecule has 2 heterocycles. The molecule has 1 saturated heterocycles. The Hall–Kier alpha value is -1.27. The van der Waals surface area contributed by atoms with E-state index in [9.17, 15) is 14.0 Å². The number of ketones is 1. The minimum atomic E-state index is -0.661. The van der Waals surface area contributed by atoms with Crippen molar-refractivity contribution >= 4 is 33.3 Å². The quantitative estimate of drug-likeness (QED) is 0.777. The first-order valence-electron chi connectivity index (χ1n) is 6.48. The number of carbonyl (C=O) groups excluding carboxylic acids is 2. The molecule has 6 heteroatoms. The van der Waals surface area contributed by atoms with E-state index in [1.165, 1.54) is 11.0 Å². The molecule has 3 rings (SSSR count). The van der Waals surface area contributed by atoms with Gasteiger partial charge in [-0.05, 0) is 47.8 Å². The van der Waals surface area contributed by atoms with Crippen molar-refractivity contribution in [3.05, 3.63) is 28.0 Å². The first kappa shape index (κ1) is 13.7. The van der Waals surface area contributed by atoms with Crippen LogP contribution >= 0.6 is 15.9 Å². The van der Waals surface area contributed by atoms with Gasteiger partial charge in [0.25, 0.3) is 11.7 Å². The van der Waals surface area contributed by atoms with Gasteiger partial charge in [-0.1, -0.05) is 0 Å². The van der Waals surface area contributed by atoms with Crippen molar-refractivity contribution in [2.45, 2.75) is 32.0 Å². The molecular weight excluding hydrogens is 329 g/mol. The smallest absolute Gasteiger partial charge is 0.299 e. The summed E-state index contributed by atoms with van der Waals surface area (Å²) in [6.45, 7) is 2.31. The summed E-state index contributed by atoms with van der Waals surface area (Å²) in [6, 6.07) is 2.37. The molecule has 2 atom stereocenters. The Bertz CT molecular complexity index is 604. The van der Waals surface area contributed by atoms with E-state index in [4.69, 9.17) is 4.74 Å². The fourth-order valence-corrected chi connectivity index (χ4v) is 3.40. The normalized spacial score (nSPS) is 25.4. The van der Waals surface area contributed by atoms with E-state index in [1.54, 1.807) is 0 Å². The lowest BCUT2D eigenvalue weighted by Crippen LogP contribution is -2.36. The van der Waals surface area contributed by atoms with Gasteiger partial charge in [0.1, 0.15) is 5.82 Å². The molecule has 0 aliphatic carbocycles. The Morgan fingerprint density at radius 3 is 2.80 bits per heavy atom. The van der Waals surface area contributed by atoms with Crippen LogP contribution in [-0.2, 0) is 9.53 Å². The summed E-state index contributed by atoms with van der Waals surface area (Å²) in [5, 5.41) is 0. The standard InChI is InChI=1S/C14H13BrFNO3/c1-7-2-3-9(20-7)6-17-12-10(13(18)14(17)19)4-8(16)5-11(12)15/h4-5,7,9H,2-3,6H2,1H3. The van der Waals surface area contributed by atoms with Crippen LogP contribution in [0.3, 0.4) is 0 Å². The van der Waals surface area contributed by atoms with Gasteiger partial charge < -0.3 is 9.64 Å². The molecule has 1 amide bonds. The third-order valence-electron chi connectivity index (χ3n) is 3.69. The van der Waals surface area contributed by atoms with Gasteiger partial charge in [-0.15, -0.1) is 0 Å². The van der Waals surface area contributed by atoms with Crippen LogP contribution in [0, 0.1) is 5.82 Å². The number of benzene rings is 1. The zero-order chi connectivity index (χ0) is 14.4. The first-order valence-corrected chi connectivity index (χ1v) is 7.27. The van der Waals surface area contributed by atoms with Crippen LogP contribution in [0.4, 0.5) is 10.1 Å². The lowest BCUT2D eigenvalue weighted by Gasteiger charge is -2.21. The van der Waals surface area contributed by atoms with Gasteiger partial charge in [-0.3, -0.25) is 9.59 Å². The Morgan fingerprint density at radius 2 is 2.15 bits per heavy atom. The second kappa shape index (κ2) is 4.93. The molecule has 1 aromatic carbocycles. The van der Waals surface area contributed by atoms with Gasteiger partial charge in [0.15, 0.2) is 0 Å². The molecular formula is C14H13BrFNO3. The average molecular weight is 342 g/mol. The molecule has 2 unspecified atom stereocenters. The van der Waals surface area contributed by atoms with E-state index >= 15 is 0 Å². The maximum Gasteiger partial charge on any atom is 0.299 e. The summed E-state index contributed by atoms with van der Waals surface area (Å²) in [6.07, 6.45) is 1.89. The molecule has 2 aliphatic rings. The van der Waals surface area contributed by atoms with Crippen molar-refractivity contribution in [2.24, 2.45) is 0 Å². The lowest BCUT2D eigenvalue weighted by atomic mass is 10.1. The van der Waals surface area contributed by atoms with Gasteiger partial charge in [0.2, 0.25) is 0 Å². The Balaban J connectivity index is 1.94. The lowest BCUT2D eigenvalue weighted by molar-refractivity contribution is -0.114. The molecule has 106 valence electrons. The van der Waals surface area contributed by atoms with Gasteiger partial charge >= 0.3 is 0 Å². The summed E-state index contributed by atoms with van der Waals surface area (Å²) in [7, 11) is 0. The van der Waals surface area contributed by atoms with Gasteiger partial charge in [0.05, 0.1) is 30.0 Å². The van der Waals surface area contributed by atoms with E-state index in [0.29, 0.717) is 16.7 Å². The SMILES string of the molecule is CC1CCC(CN2C(=O)C(=O)c3cc(F)cc(Br)c32)O1. The van der Waals surface area contributed by atoms with E-state index in [0.717, 1.165) is 18.9 Å². The summed E-state index contributed by atoms with van der Waals surface area (Å²) >= 11 is 3.23. The second-order valence-electron chi connectivity index (χ2n) is 5.17. The molecule has 0 bridgehead atoms. The third-order valence-corrected chi connectivity index (χ3v) is 4.29. The number of amides is 1. The summed E-state index contributed by atoms with van der Waals surface area (Å²) < 4.78 is 19.5. The largest absolute Gasteiger partial charge is 0.373 e. The number of Topliss-reactive ketones (excluding diaryl/α,β-unsaturated/α-hetero) is 1. The maximum atomic E-state index is 13.4. The maximum absolute atomic E-state index is 13.4. The van der Waals surface area contributed by atoms with Crippen molar-refractivity contribution in [3.63, 3.8) is 0 Å². The zero-order valence-corrected chi connectivity index (χ0v) is 12.4. The molecule has 0 saturated carbocycles. The number of hydrogen-bond acceptors (Lipinski definition) is 3. The summed E-state index contributed by atoms with van der Waals surface area (Å²) in [5.41, 5.74) is 0.567. The molecule has 1 fully saturated rings. The van der Waals surface area contributed by atoms with Gasteiger partial charge in [0, 0.05) is 4.47 Å². The van der Waals surface area contributed by atoms with Crippen LogP contribution in [-0.4, -0.2) is 30.4 Å². The zero-order valence-electron chi connectivity index (χ0n) is 10.9. The molecule has 0 aromatic heterocycles. The van der Waals surface area contributed by atoms with Crippen molar-refractivity contribution < 1.29 is 18.7 Å². The third kappa shape index (κ3) is 2.16. The Morgan fingerprint density at radius 1 is 1.40 bits per heavy atom. The number of ether oxygens (including phenoxy) is 1. The van der Waals surface area contributed by atoms with Gasteiger partial charge in [-0.25, -0.2) is 4.39 Å². The van der Waals surface area contributed by atoms with Crippen LogP contribution < -0.4 is 4.90 Å². The fourth-order valence-electron chi connectivity index (χ4n) is 2.75. The Kier molecular flexibility index (Phi) is 3.38. The average Bonchev–Trinajstić information content (AvgIpc) is 2.88. The van der Waals surface area contributed by atoms with Crippen LogP contribution in [0.1, 0.15) is 30.1 Å². The molecule has 4 nitrogen and oxygen atoms in total. The molecule has 0 N–H and O–H groups in total. The number of nitrogens with zero attached hydrogens (tertiary/aromatic N) is 1. The molecule has 0 radical (unpaired) electrons. The van der Waals surface area contributed by atoms with Crippen molar-refractivity contribution in [1.29, 1.82) is 0 Å². The van der Waals surface area contributed by atoms with E-state index in [2.05, 4.69) is 15.9 Å². The molecule has 1 aromatic rings. The molecule has 2 aliphatic heterocycles. The fraction of sp³-hybridized carbons (Fsp3) is 0.429. The molecule has 0 spiro atoms. The summed E-state index contributed by atoms with van der Waals surface area (Å²) in [4.78, 5) is 25.4. The molecule has 20 heavy (non-hydrogen) atoms. The first-order chi connectivity index (χ1) is 9.47. The minimum Gasteiger partial charge on any atom is -0.373 e. The number of rotatable bonds is 2. The van der Waals surface area contributed by atoms with E-state index in [1.807, 2.05) is 6.92 Å². The van der Waals surface area contributed by atoms with Crippen molar-refractivity contribution in [3.8, 4) is 0 Å². The van der Waals surface area contributed by atoms with Crippen LogP contribution in [0.2, 0.25) is 0 Å². The highest BCUT2D eigenvalue weighted by molar-refractivity contribution is 9.10. The van der Waals surface area contributed by atoms with Crippen molar-refractivity contribution in [2.75, 3.05) is 11.4 Å².